The van der Waals surface area contributed by atoms with Crippen LogP contribution < -0.4 is 0 Å². The second-order valence-corrected chi connectivity index (χ2v) is 12.4. The van der Waals surface area contributed by atoms with Gasteiger partial charge in [-0.3, -0.25) is 4.98 Å². The van der Waals surface area contributed by atoms with E-state index in [9.17, 15) is 0 Å². The van der Waals surface area contributed by atoms with Crippen LogP contribution in [0.25, 0.3) is 52.6 Å². The maximum atomic E-state index is 4.96. The first-order chi connectivity index (χ1) is 16.3. The average Bonchev–Trinajstić information content (AvgIpc) is 3.33. The molecular weight excluding hydrogens is 450 g/mol. The number of benzene rings is 3. The summed E-state index contributed by atoms with van der Waals surface area (Å²) in [5.74, 6) is 0. The minimum atomic E-state index is 0.0467. The molecule has 0 radical (unpaired) electrons. The fraction of sp³-hybridized carbons (Fsp3) is 0.194. The van der Waals surface area contributed by atoms with Gasteiger partial charge in [0.25, 0.3) is 0 Å². The van der Waals surface area contributed by atoms with E-state index >= 15 is 0 Å². The first-order valence-electron chi connectivity index (χ1n) is 11.7. The van der Waals surface area contributed by atoms with Gasteiger partial charge in [0.05, 0.1) is 5.69 Å². The normalized spacial score (nSPS) is 12.3. The Kier molecular flexibility index (Phi) is 4.91. The Hall–Kier alpha value is -3.01. The van der Waals surface area contributed by atoms with Crippen molar-refractivity contribution in [3.63, 3.8) is 0 Å². The summed E-state index contributed by atoms with van der Waals surface area (Å²) in [5.41, 5.74) is 6.43. The third-order valence-corrected chi connectivity index (χ3v) is 9.14. The van der Waals surface area contributed by atoms with Gasteiger partial charge in [0.1, 0.15) is 0 Å². The molecule has 0 fully saturated rings. The molecule has 0 saturated carbocycles. The number of hydrogen-bond donors (Lipinski definition) is 0. The molecule has 1 nitrogen and oxygen atoms in total. The van der Waals surface area contributed by atoms with Crippen molar-refractivity contribution in [2.24, 2.45) is 0 Å². The molecule has 3 aromatic carbocycles. The highest BCUT2D eigenvalue weighted by atomic mass is 32.1. The Labute approximate surface area is 208 Å². The van der Waals surface area contributed by atoms with Gasteiger partial charge in [-0.15, -0.1) is 22.7 Å². The number of thiophene rings is 2. The van der Waals surface area contributed by atoms with E-state index in [0.29, 0.717) is 0 Å². The van der Waals surface area contributed by atoms with Crippen LogP contribution in [0, 0.1) is 13.8 Å². The monoisotopic (exact) mass is 477 g/mol. The van der Waals surface area contributed by atoms with Gasteiger partial charge in [0.15, 0.2) is 0 Å². The van der Waals surface area contributed by atoms with Crippen molar-refractivity contribution in [2.75, 3.05) is 0 Å². The Morgan fingerprint density at radius 3 is 2.29 bits per heavy atom. The fourth-order valence-corrected chi connectivity index (χ4v) is 7.62. The molecule has 0 aliphatic carbocycles. The molecule has 3 heteroatoms. The molecule has 0 bridgehead atoms. The fourth-order valence-electron chi connectivity index (χ4n) is 5.17. The first kappa shape index (κ1) is 21.5. The summed E-state index contributed by atoms with van der Waals surface area (Å²) in [4.78, 5) is 7.71. The molecule has 168 valence electrons. The predicted molar refractivity (Wildman–Crippen MR) is 152 cm³/mol. The van der Waals surface area contributed by atoms with E-state index in [2.05, 4.69) is 101 Å². The van der Waals surface area contributed by atoms with Gasteiger partial charge in [-0.2, -0.15) is 0 Å². The summed E-state index contributed by atoms with van der Waals surface area (Å²) >= 11 is 3.79. The highest BCUT2D eigenvalue weighted by molar-refractivity contribution is 7.24. The molecular formula is C31H27NS2. The van der Waals surface area contributed by atoms with Gasteiger partial charge in [0.2, 0.25) is 0 Å². The smallest absolute Gasteiger partial charge is 0.0791 e. The van der Waals surface area contributed by atoms with E-state index in [0.717, 1.165) is 5.69 Å². The lowest BCUT2D eigenvalue weighted by molar-refractivity contribution is 0.596. The van der Waals surface area contributed by atoms with Crippen molar-refractivity contribution >= 4 is 53.6 Å². The molecule has 0 unspecified atom stereocenters. The first-order valence-corrected chi connectivity index (χ1v) is 13.4. The van der Waals surface area contributed by atoms with Crippen molar-refractivity contribution in [1.82, 2.24) is 4.98 Å². The second kappa shape index (κ2) is 7.76. The lowest BCUT2D eigenvalue weighted by Gasteiger charge is -2.23. The third-order valence-electron chi connectivity index (χ3n) is 6.78. The molecule has 3 aromatic heterocycles. The average molecular weight is 478 g/mol. The van der Waals surface area contributed by atoms with Gasteiger partial charge in [-0.25, -0.2) is 0 Å². The quantitative estimate of drug-likeness (QED) is 0.242. The van der Waals surface area contributed by atoms with Crippen LogP contribution in [0.2, 0.25) is 0 Å². The van der Waals surface area contributed by atoms with Crippen LogP contribution in [-0.2, 0) is 5.41 Å². The minimum Gasteiger partial charge on any atom is -0.256 e. The highest BCUT2D eigenvalue weighted by Gasteiger charge is 2.22. The molecule has 0 spiro atoms. The van der Waals surface area contributed by atoms with Crippen LogP contribution in [0.3, 0.4) is 0 Å². The molecule has 34 heavy (non-hydrogen) atoms. The summed E-state index contributed by atoms with van der Waals surface area (Å²) in [6.45, 7) is 11.4. The number of pyridine rings is 1. The van der Waals surface area contributed by atoms with Gasteiger partial charge in [0, 0.05) is 47.3 Å². The molecule has 0 atom stereocenters. The molecule has 0 N–H and O–H groups in total. The number of rotatable bonds is 2. The summed E-state index contributed by atoms with van der Waals surface area (Å²) in [5, 5.41) is 5.24. The zero-order valence-corrected chi connectivity index (χ0v) is 21.8. The topological polar surface area (TPSA) is 12.9 Å². The molecule has 0 amide bonds. The molecule has 0 saturated heterocycles. The van der Waals surface area contributed by atoms with E-state index in [1.807, 2.05) is 28.9 Å². The van der Waals surface area contributed by atoms with Crippen LogP contribution in [0.5, 0.6) is 0 Å². The van der Waals surface area contributed by atoms with E-state index in [1.165, 1.54) is 63.0 Å². The zero-order valence-electron chi connectivity index (χ0n) is 20.2. The molecule has 0 aliphatic heterocycles. The number of aryl methyl sites for hydroxylation is 2. The Morgan fingerprint density at radius 2 is 1.50 bits per heavy atom. The highest BCUT2D eigenvalue weighted by Crippen LogP contribution is 2.47. The number of hydrogen-bond acceptors (Lipinski definition) is 3. The van der Waals surface area contributed by atoms with Crippen molar-refractivity contribution in [1.29, 1.82) is 0 Å². The van der Waals surface area contributed by atoms with E-state index in [1.54, 1.807) is 0 Å². The Bertz CT molecular complexity index is 1710. The lowest BCUT2D eigenvalue weighted by atomic mass is 9.82. The van der Waals surface area contributed by atoms with E-state index in [4.69, 9.17) is 4.98 Å². The van der Waals surface area contributed by atoms with Crippen molar-refractivity contribution in [3.05, 3.63) is 88.9 Å². The van der Waals surface area contributed by atoms with Crippen LogP contribution in [0.4, 0.5) is 0 Å². The largest absolute Gasteiger partial charge is 0.256 e. The van der Waals surface area contributed by atoms with Crippen LogP contribution in [-0.4, -0.2) is 4.98 Å². The van der Waals surface area contributed by atoms with Crippen molar-refractivity contribution in [3.8, 4) is 21.7 Å². The number of aromatic nitrogens is 1. The summed E-state index contributed by atoms with van der Waals surface area (Å²) in [7, 11) is 0. The van der Waals surface area contributed by atoms with Crippen molar-refractivity contribution < 1.29 is 0 Å². The predicted octanol–water partition coefficient (Wildman–Crippen LogP) is 9.91. The summed E-state index contributed by atoms with van der Waals surface area (Å²) in [6, 6.07) is 24.4. The third kappa shape index (κ3) is 3.30. The maximum Gasteiger partial charge on any atom is 0.0791 e. The van der Waals surface area contributed by atoms with E-state index in [-0.39, 0.29) is 5.41 Å². The van der Waals surface area contributed by atoms with Crippen LogP contribution >= 0.6 is 22.7 Å². The Balaban J connectivity index is 1.64. The SMILES string of the molecule is Cc1sc2ccccc2c1-c1sc2ccnc(-c3cc(C(C)(C)C)c4ccccc4c3)c2c1C. The lowest BCUT2D eigenvalue weighted by Crippen LogP contribution is -2.12. The summed E-state index contributed by atoms with van der Waals surface area (Å²) in [6.07, 6.45) is 1.97. The zero-order chi connectivity index (χ0) is 23.6. The number of fused-ring (bicyclic) bond motifs is 3. The molecule has 6 aromatic rings. The second-order valence-electron chi connectivity index (χ2n) is 10.1. The van der Waals surface area contributed by atoms with Crippen molar-refractivity contribution in [2.45, 2.75) is 40.0 Å². The van der Waals surface area contributed by atoms with Gasteiger partial charge in [-0.1, -0.05) is 63.2 Å². The Morgan fingerprint density at radius 1 is 0.765 bits per heavy atom. The standard InChI is InChI=1S/C31H27NS2/c1-18-27-26(34-30(18)28-19(2)33-25-13-9-8-12-23(25)28)14-15-32-29(27)21-16-20-10-6-7-11-22(20)24(17-21)31(3,4)5/h6-17H,1-5H3. The number of nitrogens with zero attached hydrogens (tertiary/aromatic N) is 1. The van der Waals surface area contributed by atoms with Crippen LogP contribution in [0.1, 0.15) is 36.8 Å². The molecule has 0 aliphatic rings. The van der Waals surface area contributed by atoms with Gasteiger partial charge < -0.3 is 0 Å². The molecule has 6 rings (SSSR count). The van der Waals surface area contributed by atoms with Gasteiger partial charge in [-0.05, 0) is 65.4 Å². The van der Waals surface area contributed by atoms with E-state index < -0.39 is 0 Å². The van der Waals surface area contributed by atoms with Gasteiger partial charge >= 0.3 is 0 Å². The minimum absolute atomic E-state index is 0.0467. The molecule has 3 heterocycles. The summed E-state index contributed by atoms with van der Waals surface area (Å²) < 4.78 is 2.66. The maximum absolute atomic E-state index is 4.96. The van der Waals surface area contributed by atoms with Crippen LogP contribution in [0.15, 0.2) is 72.9 Å².